The van der Waals surface area contributed by atoms with Crippen LogP contribution in [0.2, 0.25) is 0 Å². The van der Waals surface area contributed by atoms with E-state index in [0.29, 0.717) is 12.1 Å². The predicted molar refractivity (Wildman–Crippen MR) is 69.8 cm³/mol. The number of hydrogen-bond acceptors (Lipinski definition) is 2. The van der Waals surface area contributed by atoms with Gasteiger partial charge in [-0.2, -0.15) is 0 Å². The van der Waals surface area contributed by atoms with Gasteiger partial charge in [-0.05, 0) is 44.4 Å². The lowest BCUT2D eigenvalue weighted by Gasteiger charge is -2.28. The highest BCUT2D eigenvalue weighted by atomic mass is 32.2. The van der Waals surface area contributed by atoms with Gasteiger partial charge in [-0.25, -0.2) is 0 Å². The molecule has 0 aromatic rings. The zero-order valence-corrected chi connectivity index (χ0v) is 11.3. The summed E-state index contributed by atoms with van der Waals surface area (Å²) < 4.78 is 11.1. The largest absolute Gasteiger partial charge is 0.311 e. The molecular weight excluding hydrogens is 218 g/mol. The van der Waals surface area contributed by atoms with Crippen LogP contribution in [-0.4, -0.2) is 28.3 Å². The molecular formula is C13H23NOS. The lowest BCUT2D eigenvalue weighted by atomic mass is 9.87. The molecule has 3 heteroatoms. The van der Waals surface area contributed by atoms with E-state index in [4.69, 9.17) is 0 Å². The number of allylic oxidation sites excluding steroid dienone is 2. The summed E-state index contributed by atoms with van der Waals surface area (Å²) in [6, 6.07) is 0.919. The van der Waals surface area contributed by atoms with Crippen LogP contribution in [0.5, 0.6) is 0 Å². The average molecular weight is 241 g/mol. The lowest BCUT2D eigenvalue weighted by Crippen LogP contribution is -2.43. The minimum atomic E-state index is -0.692. The van der Waals surface area contributed by atoms with E-state index in [0.717, 1.165) is 23.5 Å². The van der Waals surface area contributed by atoms with Crippen LogP contribution in [0.1, 0.15) is 26.7 Å². The van der Waals surface area contributed by atoms with Crippen molar-refractivity contribution >= 4 is 10.8 Å². The fourth-order valence-corrected chi connectivity index (χ4v) is 4.17. The van der Waals surface area contributed by atoms with E-state index in [-0.39, 0.29) is 0 Å². The third-order valence-electron chi connectivity index (χ3n) is 4.00. The second-order valence-electron chi connectivity index (χ2n) is 5.54. The lowest BCUT2D eigenvalue weighted by molar-refractivity contribution is 0.312. The van der Waals surface area contributed by atoms with Crippen LogP contribution in [0.15, 0.2) is 12.2 Å². The van der Waals surface area contributed by atoms with Gasteiger partial charge in [-0.1, -0.05) is 12.2 Å². The molecule has 2 nitrogen and oxygen atoms in total. The van der Waals surface area contributed by atoms with Crippen molar-refractivity contribution in [2.24, 2.45) is 17.8 Å². The summed E-state index contributed by atoms with van der Waals surface area (Å²) in [6.45, 7) is 4.43. The molecule has 0 aromatic carbocycles. The van der Waals surface area contributed by atoms with Gasteiger partial charge in [0.05, 0.1) is 0 Å². The fourth-order valence-electron chi connectivity index (χ4n) is 3.37. The maximum Gasteiger partial charge on any atom is 0.0383 e. The van der Waals surface area contributed by atoms with Crippen LogP contribution < -0.4 is 5.32 Å². The zero-order chi connectivity index (χ0) is 11.7. The molecule has 2 rings (SSSR count). The van der Waals surface area contributed by atoms with Gasteiger partial charge in [0, 0.05) is 34.9 Å². The van der Waals surface area contributed by atoms with Crippen LogP contribution in [-0.2, 0) is 10.8 Å². The second-order valence-corrected chi connectivity index (χ2v) is 7.02. The van der Waals surface area contributed by atoms with Gasteiger partial charge in [0.1, 0.15) is 0 Å². The number of hydrogen-bond donors (Lipinski definition) is 1. The molecule has 0 radical (unpaired) electrons. The molecule has 2 aliphatic rings. The van der Waals surface area contributed by atoms with E-state index in [1.165, 1.54) is 12.8 Å². The van der Waals surface area contributed by atoms with Crippen molar-refractivity contribution in [3.8, 4) is 0 Å². The van der Waals surface area contributed by atoms with Gasteiger partial charge >= 0.3 is 0 Å². The van der Waals surface area contributed by atoms with Gasteiger partial charge < -0.3 is 5.32 Å². The Morgan fingerprint density at radius 2 is 2.12 bits per heavy atom. The van der Waals surface area contributed by atoms with Crippen LogP contribution in [0, 0.1) is 17.8 Å². The summed E-state index contributed by atoms with van der Waals surface area (Å²) in [5.41, 5.74) is 0. The van der Waals surface area contributed by atoms with Gasteiger partial charge in [-0.3, -0.25) is 4.21 Å². The van der Waals surface area contributed by atoms with Crippen molar-refractivity contribution in [1.29, 1.82) is 0 Å². The minimum Gasteiger partial charge on any atom is -0.311 e. The SMILES string of the molecule is CC(CS(C)=O)NC(C)C1CC2C=CC1C2. The number of fused-ring (bicyclic) bond motifs is 2. The molecule has 0 aliphatic heterocycles. The van der Waals surface area contributed by atoms with Crippen molar-refractivity contribution in [3.63, 3.8) is 0 Å². The quantitative estimate of drug-likeness (QED) is 0.745. The monoisotopic (exact) mass is 241 g/mol. The van der Waals surface area contributed by atoms with Crippen molar-refractivity contribution in [2.75, 3.05) is 12.0 Å². The minimum absolute atomic E-state index is 0.365. The smallest absolute Gasteiger partial charge is 0.0383 e. The van der Waals surface area contributed by atoms with Crippen LogP contribution in [0.25, 0.3) is 0 Å². The van der Waals surface area contributed by atoms with Crippen molar-refractivity contribution in [1.82, 2.24) is 5.32 Å². The molecule has 6 unspecified atom stereocenters. The Kier molecular flexibility index (Phi) is 3.85. The maximum atomic E-state index is 11.1. The van der Waals surface area contributed by atoms with Crippen LogP contribution in [0.3, 0.4) is 0 Å². The summed E-state index contributed by atoms with van der Waals surface area (Å²) in [5, 5.41) is 3.61. The molecule has 16 heavy (non-hydrogen) atoms. The summed E-state index contributed by atoms with van der Waals surface area (Å²) in [7, 11) is -0.692. The molecule has 1 saturated carbocycles. The Balaban J connectivity index is 1.82. The van der Waals surface area contributed by atoms with Crippen LogP contribution >= 0.6 is 0 Å². The molecule has 0 saturated heterocycles. The van der Waals surface area contributed by atoms with Gasteiger partial charge in [0.2, 0.25) is 0 Å². The Bertz CT molecular complexity index is 302. The topological polar surface area (TPSA) is 29.1 Å². The normalized spacial score (nSPS) is 37.6. The zero-order valence-electron chi connectivity index (χ0n) is 10.5. The highest BCUT2D eigenvalue weighted by Gasteiger charge is 2.38. The van der Waals surface area contributed by atoms with Gasteiger partial charge in [-0.15, -0.1) is 0 Å². The molecule has 6 atom stereocenters. The number of nitrogens with one attached hydrogen (secondary N) is 1. The van der Waals surface area contributed by atoms with E-state index >= 15 is 0 Å². The highest BCUT2D eigenvalue weighted by molar-refractivity contribution is 7.84. The summed E-state index contributed by atoms with van der Waals surface area (Å²) in [5.74, 6) is 3.20. The molecule has 1 fully saturated rings. The first-order chi connectivity index (χ1) is 7.56. The molecule has 92 valence electrons. The van der Waals surface area contributed by atoms with Crippen LogP contribution in [0.4, 0.5) is 0 Å². The van der Waals surface area contributed by atoms with Gasteiger partial charge in [0.15, 0.2) is 0 Å². The van der Waals surface area contributed by atoms with E-state index in [1.54, 1.807) is 6.26 Å². The molecule has 2 aliphatic carbocycles. The van der Waals surface area contributed by atoms with Crippen molar-refractivity contribution in [2.45, 2.75) is 38.8 Å². The molecule has 0 amide bonds. The number of rotatable bonds is 5. The Morgan fingerprint density at radius 3 is 2.62 bits per heavy atom. The van der Waals surface area contributed by atoms with E-state index in [2.05, 4.69) is 31.3 Å². The summed E-state index contributed by atoms with van der Waals surface area (Å²) in [6.07, 6.45) is 9.28. The summed E-state index contributed by atoms with van der Waals surface area (Å²) >= 11 is 0. The Morgan fingerprint density at radius 1 is 1.38 bits per heavy atom. The van der Waals surface area contributed by atoms with Gasteiger partial charge in [0.25, 0.3) is 0 Å². The third kappa shape index (κ3) is 2.75. The first-order valence-electron chi connectivity index (χ1n) is 6.30. The fraction of sp³-hybridized carbons (Fsp3) is 0.846. The van der Waals surface area contributed by atoms with E-state index < -0.39 is 10.8 Å². The molecule has 0 spiro atoms. The average Bonchev–Trinajstić information content (AvgIpc) is 2.76. The Hall–Kier alpha value is -0.150. The van der Waals surface area contributed by atoms with E-state index in [1.807, 2.05) is 0 Å². The molecule has 0 heterocycles. The highest BCUT2D eigenvalue weighted by Crippen LogP contribution is 2.44. The first kappa shape index (κ1) is 12.3. The van der Waals surface area contributed by atoms with Crippen molar-refractivity contribution < 1.29 is 4.21 Å². The third-order valence-corrected chi connectivity index (χ3v) is 4.97. The summed E-state index contributed by atoms with van der Waals surface area (Å²) in [4.78, 5) is 0. The molecule has 0 aromatic heterocycles. The molecule has 2 bridgehead atoms. The maximum absolute atomic E-state index is 11.1. The van der Waals surface area contributed by atoms with E-state index in [9.17, 15) is 4.21 Å². The molecule has 1 N–H and O–H groups in total. The Labute approximate surface area is 101 Å². The first-order valence-corrected chi connectivity index (χ1v) is 8.03. The standard InChI is InChI=1S/C13H23NOS/c1-9(8-16(3)15)14-10(2)13-7-11-4-5-12(13)6-11/h4-5,9-14H,6-8H2,1-3H3. The predicted octanol–water partition coefficient (Wildman–Crippen LogP) is 1.94. The second kappa shape index (κ2) is 5.01. The van der Waals surface area contributed by atoms with Crippen molar-refractivity contribution in [3.05, 3.63) is 12.2 Å².